The van der Waals surface area contributed by atoms with Crippen molar-refractivity contribution in [1.82, 2.24) is 5.32 Å². The Bertz CT molecular complexity index is 533. The van der Waals surface area contributed by atoms with Gasteiger partial charge < -0.3 is 15.8 Å². The van der Waals surface area contributed by atoms with Crippen LogP contribution in [0.25, 0.3) is 0 Å². The number of hydrogen-bond donors (Lipinski definition) is 2. The van der Waals surface area contributed by atoms with Gasteiger partial charge in [-0.3, -0.25) is 4.79 Å². The second-order valence-corrected chi connectivity index (χ2v) is 6.43. The first-order valence-corrected chi connectivity index (χ1v) is 8.12. The maximum absolute atomic E-state index is 12.2. The Morgan fingerprint density at radius 3 is 2.33 bits per heavy atom. The minimum absolute atomic E-state index is 0. The fourth-order valence-electron chi connectivity index (χ4n) is 2.28. The van der Waals surface area contributed by atoms with Gasteiger partial charge in [0.1, 0.15) is 6.04 Å². The highest BCUT2D eigenvalue weighted by atomic mass is 35.5. The highest BCUT2D eigenvalue weighted by Crippen LogP contribution is 2.13. The Morgan fingerprint density at radius 2 is 1.79 bits per heavy atom. The number of nitrogen functional groups attached to an aromatic ring is 1. The summed E-state index contributed by atoms with van der Waals surface area (Å²) >= 11 is 0. The molecule has 6 heteroatoms. The van der Waals surface area contributed by atoms with Gasteiger partial charge in [0, 0.05) is 12.1 Å². The molecule has 1 aromatic rings. The van der Waals surface area contributed by atoms with Gasteiger partial charge in [0.15, 0.2) is 0 Å². The third-order valence-corrected chi connectivity index (χ3v) is 3.36. The SMILES string of the molecule is CC(C)C[C@H](NC(=O)CCc1ccccc1N)C(=O)OC(C)C.Cl. The van der Waals surface area contributed by atoms with E-state index < -0.39 is 6.04 Å². The standard InChI is InChI=1S/C18H28N2O3.ClH/c1-12(2)11-16(18(22)23-13(3)4)20-17(21)10-9-14-7-5-6-8-15(14)19;/h5-8,12-13,16H,9-11,19H2,1-4H3,(H,20,21);1H/t16-;/m0./s1. The Balaban J connectivity index is 0.00000529. The van der Waals surface area contributed by atoms with Crippen molar-refractivity contribution in [2.24, 2.45) is 5.92 Å². The van der Waals surface area contributed by atoms with Crippen molar-refractivity contribution in [3.8, 4) is 0 Å². The van der Waals surface area contributed by atoms with Gasteiger partial charge in [-0.05, 0) is 44.2 Å². The van der Waals surface area contributed by atoms with Crippen LogP contribution < -0.4 is 11.1 Å². The first-order valence-electron chi connectivity index (χ1n) is 8.12. The topological polar surface area (TPSA) is 81.4 Å². The van der Waals surface area contributed by atoms with Gasteiger partial charge in [-0.15, -0.1) is 12.4 Å². The minimum atomic E-state index is -0.599. The number of nitrogens with two attached hydrogens (primary N) is 1. The second kappa shape index (κ2) is 10.9. The summed E-state index contributed by atoms with van der Waals surface area (Å²) in [5.41, 5.74) is 7.49. The number of aryl methyl sites for hydroxylation is 1. The zero-order chi connectivity index (χ0) is 17.4. The molecule has 1 aromatic carbocycles. The maximum atomic E-state index is 12.2. The summed E-state index contributed by atoms with van der Waals surface area (Å²) < 4.78 is 5.22. The van der Waals surface area contributed by atoms with Gasteiger partial charge in [0.25, 0.3) is 0 Å². The van der Waals surface area contributed by atoms with E-state index in [4.69, 9.17) is 10.5 Å². The lowest BCUT2D eigenvalue weighted by molar-refractivity contribution is -0.152. The van der Waals surface area contributed by atoms with Crippen LogP contribution in [0.2, 0.25) is 0 Å². The molecule has 0 aliphatic rings. The number of rotatable bonds is 8. The fourth-order valence-corrected chi connectivity index (χ4v) is 2.28. The van der Waals surface area contributed by atoms with Crippen molar-refractivity contribution in [3.05, 3.63) is 29.8 Å². The summed E-state index contributed by atoms with van der Waals surface area (Å²) in [4.78, 5) is 24.2. The molecule has 0 heterocycles. The third kappa shape index (κ3) is 8.20. The quantitative estimate of drug-likeness (QED) is 0.554. The summed E-state index contributed by atoms with van der Waals surface area (Å²) in [6.07, 6.45) is 1.20. The maximum Gasteiger partial charge on any atom is 0.328 e. The summed E-state index contributed by atoms with van der Waals surface area (Å²) in [7, 11) is 0. The number of para-hydroxylation sites is 1. The Labute approximate surface area is 150 Å². The van der Waals surface area contributed by atoms with Gasteiger partial charge in [0.2, 0.25) is 5.91 Å². The lowest BCUT2D eigenvalue weighted by Crippen LogP contribution is -2.43. The summed E-state index contributed by atoms with van der Waals surface area (Å²) in [5, 5.41) is 2.79. The Hall–Kier alpha value is -1.75. The smallest absolute Gasteiger partial charge is 0.328 e. The summed E-state index contributed by atoms with van der Waals surface area (Å²) in [6.45, 7) is 7.60. The number of benzene rings is 1. The van der Waals surface area contributed by atoms with Crippen LogP contribution in [-0.2, 0) is 20.7 Å². The van der Waals surface area contributed by atoms with Crippen LogP contribution in [0, 0.1) is 5.92 Å². The molecule has 0 fully saturated rings. The van der Waals surface area contributed by atoms with Crippen molar-refractivity contribution in [2.75, 3.05) is 5.73 Å². The van der Waals surface area contributed by atoms with E-state index >= 15 is 0 Å². The van der Waals surface area contributed by atoms with E-state index in [2.05, 4.69) is 5.32 Å². The summed E-state index contributed by atoms with van der Waals surface area (Å²) in [6, 6.07) is 6.87. The molecule has 1 rings (SSSR count). The molecule has 0 aromatic heterocycles. The van der Waals surface area contributed by atoms with E-state index in [1.165, 1.54) is 0 Å². The number of carbonyl (C=O) groups excluding carboxylic acids is 2. The minimum Gasteiger partial charge on any atom is -0.461 e. The van der Waals surface area contributed by atoms with E-state index in [0.29, 0.717) is 18.5 Å². The summed E-state index contributed by atoms with van der Waals surface area (Å²) in [5.74, 6) is -0.259. The monoisotopic (exact) mass is 356 g/mol. The predicted molar refractivity (Wildman–Crippen MR) is 99.0 cm³/mol. The molecule has 0 saturated heterocycles. The number of esters is 1. The van der Waals surface area contributed by atoms with E-state index in [-0.39, 0.29) is 42.7 Å². The number of halogens is 1. The number of carbonyl (C=O) groups is 2. The Morgan fingerprint density at radius 1 is 1.17 bits per heavy atom. The lowest BCUT2D eigenvalue weighted by atomic mass is 10.0. The number of nitrogens with one attached hydrogen (secondary N) is 1. The molecule has 0 unspecified atom stereocenters. The fraction of sp³-hybridized carbons (Fsp3) is 0.556. The number of amides is 1. The van der Waals surface area contributed by atoms with Crippen LogP contribution in [0.4, 0.5) is 5.69 Å². The van der Waals surface area contributed by atoms with Crippen LogP contribution in [0.1, 0.15) is 46.1 Å². The second-order valence-electron chi connectivity index (χ2n) is 6.43. The van der Waals surface area contributed by atoms with Crippen LogP contribution in [0.5, 0.6) is 0 Å². The van der Waals surface area contributed by atoms with E-state index in [9.17, 15) is 9.59 Å². The van der Waals surface area contributed by atoms with Crippen LogP contribution in [0.15, 0.2) is 24.3 Å². The lowest BCUT2D eigenvalue weighted by Gasteiger charge is -2.20. The van der Waals surface area contributed by atoms with Crippen molar-refractivity contribution in [3.63, 3.8) is 0 Å². The van der Waals surface area contributed by atoms with Gasteiger partial charge in [0.05, 0.1) is 6.10 Å². The van der Waals surface area contributed by atoms with E-state index in [1.807, 2.05) is 38.1 Å². The molecule has 0 aliphatic carbocycles. The highest BCUT2D eigenvalue weighted by Gasteiger charge is 2.24. The normalized spacial score (nSPS) is 11.8. The van der Waals surface area contributed by atoms with Crippen LogP contribution >= 0.6 is 12.4 Å². The molecular formula is C18H29ClN2O3. The highest BCUT2D eigenvalue weighted by molar-refractivity contribution is 5.85. The Kier molecular flexibility index (Phi) is 10.1. The molecule has 1 amide bonds. The molecular weight excluding hydrogens is 328 g/mol. The van der Waals surface area contributed by atoms with E-state index in [1.54, 1.807) is 13.8 Å². The molecule has 0 radical (unpaired) electrons. The molecule has 24 heavy (non-hydrogen) atoms. The largest absolute Gasteiger partial charge is 0.461 e. The van der Waals surface area contributed by atoms with Crippen molar-refractivity contribution >= 4 is 30.0 Å². The van der Waals surface area contributed by atoms with Crippen molar-refractivity contribution in [2.45, 2.75) is 59.1 Å². The van der Waals surface area contributed by atoms with Gasteiger partial charge >= 0.3 is 5.97 Å². The van der Waals surface area contributed by atoms with Gasteiger partial charge in [-0.25, -0.2) is 4.79 Å². The average Bonchev–Trinajstić information content (AvgIpc) is 2.44. The molecule has 5 nitrogen and oxygen atoms in total. The van der Waals surface area contributed by atoms with Crippen LogP contribution in [-0.4, -0.2) is 24.0 Å². The molecule has 3 N–H and O–H groups in total. The number of ether oxygens (including phenoxy) is 1. The molecule has 0 saturated carbocycles. The first-order chi connectivity index (χ1) is 10.8. The molecule has 0 aliphatic heterocycles. The third-order valence-electron chi connectivity index (χ3n) is 3.36. The first kappa shape index (κ1) is 22.2. The molecule has 0 bridgehead atoms. The van der Waals surface area contributed by atoms with Crippen molar-refractivity contribution < 1.29 is 14.3 Å². The number of anilines is 1. The average molecular weight is 357 g/mol. The zero-order valence-corrected chi connectivity index (χ0v) is 15.7. The predicted octanol–water partition coefficient (Wildman–Crippen LogP) is 3.11. The van der Waals surface area contributed by atoms with Gasteiger partial charge in [-0.1, -0.05) is 32.0 Å². The van der Waals surface area contributed by atoms with Gasteiger partial charge in [-0.2, -0.15) is 0 Å². The van der Waals surface area contributed by atoms with Crippen molar-refractivity contribution in [1.29, 1.82) is 0 Å². The molecule has 1 atom stereocenters. The molecule has 136 valence electrons. The number of hydrogen-bond acceptors (Lipinski definition) is 4. The van der Waals surface area contributed by atoms with Crippen LogP contribution in [0.3, 0.4) is 0 Å². The van der Waals surface area contributed by atoms with E-state index in [0.717, 1.165) is 5.56 Å². The molecule has 0 spiro atoms. The zero-order valence-electron chi connectivity index (χ0n) is 14.9.